The number of hydrogen-bond donors (Lipinski definition) is 1. The quantitative estimate of drug-likeness (QED) is 0.620. The van der Waals surface area contributed by atoms with E-state index in [1.165, 1.54) is 10.4 Å². The molecule has 2 heterocycles. The van der Waals surface area contributed by atoms with Crippen LogP contribution in [-0.2, 0) is 21.2 Å². The highest BCUT2D eigenvalue weighted by Crippen LogP contribution is 2.35. The maximum absolute atomic E-state index is 13.1. The van der Waals surface area contributed by atoms with Gasteiger partial charge in [0.15, 0.2) is 11.5 Å². The summed E-state index contributed by atoms with van der Waals surface area (Å²) in [5.74, 6) is 1.34. The number of carbonyl (C=O) groups excluding carboxylic acids is 1. The summed E-state index contributed by atoms with van der Waals surface area (Å²) >= 11 is 6.01. The van der Waals surface area contributed by atoms with E-state index in [0.29, 0.717) is 55.4 Å². The minimum Gasteiger partial charge on any atom is -0.493 e. The van der Waals surface area contributed by atoms with E-state index >= 15 is 0 Å². The zero-order valence-corrected chi connectivity index (χ0v) is 21.2. The van der Waals surface area contributed by atoms with Gasteiger partial charge in [-0.3, -0.25) is 10.1 Å². The number of rotatable bonds is 7. The van der Waals surface area contributed by atoms with Gasteiger partial charge >= 0.3 is 0 Å². The minimum atomic E-state index is -3.65. The van der Waals surface area contributed by atoms with Gasteiger partial charge in [0.25, 0.3) is 0 Å². The summed E-state index contributed by atoms with van der Waals surface area (Å²) in [6, 6.07) is 11.7. The van der Waals surface area contributed by atoms with Crippen LogP contribution in [0.1, 0.15) is 25.3 Å². The average molecular weight is 508 g/mol. The molecule has 0 saturated carbocycles. The molecule has 2 aromatic carbocycles. The summed E-state index contributed by atoms with van der Waals surface area (Å²) in [7, 11) is -0.465. The highest BCUT2D eigenvalue weighted by molar-refractivity contribution is 7.89. The smallest absolute Gasteiger partial charge is 0.243 e. The molecule has 2 aliphatic rings. The van der Waals surface area contributed by atoms with Crippen molar-refractivity contribution in [1.29, 1.82) is 0 Å². The third-order valence-corrected chi connectivity index (χ3v) is 8.82. The lowest BCUT2D eigenvalue weighted by Gasteiger charge is -2.44. The lowest BCUT2D eigenvalue weighted by atomic mass is 9.96. The van der Waals surface area contributed by atoms with Gasteiger partial charge in [0.2, 0.25) is 15.9 Å². The van der Waals surface area contributed by atoms with Gasteiger partial charge in [-0.1, -0.05) is 23.7 Å². The third-order valence-electron chi connectivity index (χ3n) is 6.69. The number of halogens is 1. The average Bonchev–Trinajstić information content (AvgIpc) is 3.06. The first-order chi connectivity index (χ1) is 16.2. The summed E-state index contributed by atoms with van der Waals surface area (Å²) in [4.78, 5) is 15.1. The highest BCUT2D eigenvalue weighted by Gasteiger charge is 2.50. The number of nitrogens with zero attached hydrogens (tertiary/aromatic N) is 2. The molecule has 0 bridgehead atoms. The van der Waals surface area contributed by atoms with Crippen LogP contribution in [0.3, 0.4) is 0 Å². The van der Waals surface area contributed by atoms with Crippen molar-refractivity contribution in [2.75, 3.05) is 33.9 Å². The topological polar surface area (TPSA) is 88.2 Å². The predicted octanol–water partition coefficient (Wildman–Crippen LogP) is 2.90. The Labute approximate surface area is 205 Å². The van der Waals surface area contributed by atoms with Crippen molar-refractivity contribution in [3.8, 4) is 11.5 Å². The molecular weight excluding hydrogens is 478 g/mol. The van der Waals surface area contributed by atoms with E-state index in [-0.39, 0.29) is 16.8 Å². The van der Waals surface area contributed by atoms with Crippen LogP contribution in [0.5, 0.6) is 11.5 Å². The normalized spacial score (nSPS) is 20.6. The maximum Gasteiger partial charge on any atom is 0.243 e. The zero-order chi connectivity index (χ0) is 24.5. The van der Waals surface area contributed by atoms with Crippen molar-refractivity contribution >= 4 is 27.5 Å². The maximum atomic E-state index is 13.1. The van der Waals surface area contributed by atoms with Crippen LogP contribution >= 0.6 is 11.6 Å². The Morgan fingerprint density at radius 1 is 1.09 bits per heavy atom. The Bertz CT molecular complexity index is 1160. The molecule has 2 aromatic rings. The lowest BCUT2D eigenvalue weighted by Crippen LogP contribution is -2.59. The van der Waals surface area contributed by atoms with Crippen LogP contribution in [-0.4, -0.2) is 69.1 Å². The second-order valence-electron chi connectivity index (χ2n) is 8.69. The van der Waals surface area contributed by atoms with E-state index in [9.17, 15) is 13.2 Å². The molecule has 1 spiro atoms. The Hall–Kier alpha value is -2.33. The van der Waals surface area contributed by atoms with Crippen LogP contribution in [0.15, 0.2) is 47.4 Å². The number of nitrogens with one attached hydrogen (secondary N) is 1. The lowest BCUT2D eigenvalue weighted by molar-refractivity contribution is -0.132. The fourth-order valence-corrected chi connectivity index (χ4v) is 6.62. The molecule has 8 nitrogen and oxygen atoms in total. The molecule has 0 aromatic heterocycles. The summed E-state index contributed by atoms with van der Waals surface area (Å²) in [5.41, 5.74) is 0.467. The second-order valence-corrected chi connectivity index (χ2v) is 11.1. The van der Waals surface area contributed by atoms with Gasteiger partial charge in [-0.05, 0) is 62.1 Å². The van der Waals surface area contributed by atoms with Crippen molar-refractivity contribution in [2.24, 2.45) is 0 Å². The van der Waals surface area contributed by atoms with E-state index in [1.807, 2.05) is 30.0 Å². The zero-order valence-electron chi connectivity index (χ0n) is 19.6. The van der Waals surface area contributed by atoms with E-state index in [2.05, 4.69) is 5.32 Å². The van der Waals surface area contributed by atoms with E-state index in [1.54, 1.807) is 32.4 Å². The molecule has 0 unspecified atom stereocenters. The van der Waals surface area contributed by atoms with Gasteiger partial charge < -0.3 is 14.4 Å². The molecule has 2 fully saturated rings. The molecule has 0 aliphatic carbocycles. The summed E-state index contributed by atoms with van der Waals surface area (Å²) in [6.07, 6.45) is 1.66. The van der Waals surface area contributed by atoms with E-state index in [0.717, 1.165) is 5.56 Å². The molecule has 1 N–H and O–H groups in total. The standard InChI is InChI=1S/C24H30ClN3O5S/c1-17-23(29)28(12-9-18-7-8-21(32-2)22(15-18)33-3)24(26-17)10-13-27(14-11-24)34(30,31)20-6-4-5-19(25)16-20/h4-8,15-17,26H,9-14H2,1-3H3/t17-/m1/s1. The SMILES string of the molecule is COc1ccc(CCN2C(=O)[C@@H](C)NC23CCN(S(=O)(=O)c2cccc(Cl)c2)CC3)cc1OC. The second kappa shape index (κ2) is 9.73. The van der Waals surface area contributed by atoms with E-state index in [4.69, 9.17) is 21.1 Å². The van der Waals surface area contributed by atoms with Gasteiger partial charge in [-0.2, -0.15) is 4.31 Å². The van der Waals surface area contributed by atoms with Crippen molar-refractivity contribution in [2.45, 2.75) is 42.8 Å². The monoisotopic (exact) mass is 507 g/mol. The Kier molecular flexibility index (Phi) is 7.09. The third kappa shape index (κ3) is 4.62. The number of piperidine rings is 1. The van der Waals surface area contributed by atoms with Crippen molar-refractivity contribution in [3.63, 3.8) is 0 Å². The van der Waals surface area contributed by atoms with Crippen LogP contribution < -0.4 is 14.8 Å². The molecule has 1 atom stereocenters. The molecule has 2 saturated heterocycles. The van der Waals surface area contributed by atoms with Crippen molar-refractivity contribution < 1.29 is 22.7 Å². The van der Waals surface area contributed by atoms with Crippen LogP contribution in [0.4, 0.5) is 0 Å². The van der Waals surface area contributed by atoms with Gasteiger partial charge in [0.1, 0.15) is 0 Å². The number of ether oxygens (including phenoxy) is 2. The Balaban J connectivity index is 1.48. The molecule has 184 valence electrons. The van der Waals surface area contributed by atoms with Crippen molar-refractivity contribution in [1.82, 2.24) is 14.5 Å². The van der Waals surface area contributed by atoms with Gasteiger partial charge in [0.05, 0.1) is 30.8 Å². The summed E-state index contributed by atoms with van der Waals surface area (Å²) in [5, 5.41) is 3.84. The van der Waals surface area contributed by atoms with Gasteiger partial charge in [-0.15, -0.1) is 0 Å². The molecule has 0 radical (unpaired) electrons. The Morgan fingerprint density at radius 3 is 2.44 bits per heavy atom. The number of benzene rings is 2. The molecule has 10 heteroatoms. The fraction of sp³-hybridized carbons (Fsp3) is 0.458. The number of hydrogen-bond acceptors (Lipinski definition) is 6. The first kappa shape index (κ1) is 24.8. The highest BCUT2D eigenvalue weighted by atomic mass is 35.5. The number of carbonyl (C=O) groups is 1. The first-order valence-corrected chi connectivity index (χ1v) is 13.1. The number of amides is 1. The molecule has 4 rings (SSSR count). The van der Waals surface area contributed by atoms with Gasteiger partial charge in [0, 0.05) is 24.7 Å². The summed E-state index contributed by atoms with van der Waals surface area (Å²) < 4.78 is 38.4. The number of methoxy groups -OCH3 is 2. The molecule has 2 aliphatic heterocycles. The van der Waals surface area contributed by atoms with Crippen LogP contribution in [0.2, 0.25) is 5.02 Å². The van der Waals surface area contributed by atoms with Crippen LogP contribution in [0.25, 0.3) is 0 Å². The minimum absolute atomic E-state index is 0.0339. The first-order valence-electron chi connectivity index (χ1n) is 11.3. The van der Waals surface area contributed by atoms with E-state index < -0.39 is 15.7 Å². The fourth-order valence-electron chi connectivity index (χ4n) is 4.88. The van der Waals surface area contributed by atoms with Gasteiger partial charge in [-0.25, -0.2) is 8.42 Å². The summed E-state index contributed by atoms with van der Waals surface area (Å²) in [6.45, 7) is 3.01. The largest absolute Gasteiger partial charge is 0.493 e. The number of sulfonamides is 1. The van der Waals surface area contributed by atoms with Crippen molar-refractivity contribution in [3.05, 3.63) is 53.1 Å². The predicted molar refractivity (Wildman–Crippen MR) is 130 cm³/mol. The van der Waals surface area contributed by atoms with Crippen LogP contribution in [0, 0.1) is 0 Å². The molecular formula is C24H30ClN3O5S. The molecule has 34 heavy (non-hydrogen) atoms. The molecule has 1 amide bonds. The Morgan fingerprint density at radius 2 is 1.79 bits per heavy atom.